The Balaban J connectivity index is 1.64. The highest BCUT2D eigenvalue weighted by molar-refractivity contribution is 7.59. The van der Waals surface area contributed by atoms with Crippen molar-refractivity contribution in [1.29, 1.82) is 0 Å². The molecule has 3 fully saturated rings. The molecule has 1 aliphatic heterocycles. The Morgan fingerprint density at radius 2 is 1.89 bits per heavy atom. The molecule has 96 valence electrons. The van der Waals surface area contributed by atoms with Gasteiger partial charge in [0.25, 0.3) is 0 Å². The predicted octanol–water partition coefficient (Wildman–Crippen LogP) is 3.34. The van der Waals surface area contributed by atoms with Gasteiger partial charge in [0.1, 0.15) is 8.30 Å². The van der Waals surface area contributed by atoms with Gasteiger partial charge in [-0.25, -0.2) is 0 Å². The molecule has 1 N–H and O–H groups in total. The van der Waals surface area contributed by atoms with Crippen molar-refractivity contribution in [2.24, 2.45) is 5.41 Å². The Morgan fingerprint density at radius 1 is 1.11 bits per heavy atom. The van der Waals surface area contributed by atoms with Gasteiger partial charge >= 0.3 is 0 Å². The maximum atomic E-state index is 6.45. The monoisotopic (exact) mass is 261 g/mol. The summed E-state index contributed by atoms with van der Waals surface area (Å²) in [5, 5.41) is 5.18. The van der Waals surface area contributed by atoms with Crippen molar-refractivity contribution in [3.63, 3.8) is 0 Å². The first-order valence-electron chi connectivity index (χ1n) is 7.17. The standard InChI is InChI=1S/C15H20NOP/c1-2-6-12(7-3-1)18-16-13-8-4-10-15(13)11-5-9-14(15)17-18/h1-3,6-7,13-14,16H,4-5,8-11H2/t13-,14-,15-,18?/m1/s1. The van der Waals surface area contributed by atoms with E-state index in [1.165, 1.54) is 43.8 Å². The summed E-state index contributed by atoms with van der Waals surface area (Å²) in [5.41, 5.74) is 0.494. The van der Waals surface area contributed by atoms with Crippen LogP contribution < -0.4 is 10.4 Å². The Bertz CT molecular complexity index is 413. The van der Waals surface area contributed by atoms with Gasteiger partial charge in [-0.1, -0.05) is 43.2 Å². The number of benzene rings is 1. The molecule has 1 saturated heterocycles. The van der Waals surface area contributed by atoms with Crippen molar-refractivity contribution in [3.05, 3.63) is 30.3 Å². The van der Waals surface area contributed by atoms with E-state index >= 15 is 0 Å². The van der Waals surface area contributed by atoms with E-state index in [1.54, 1.807) is 0 Å². The summed E-state index contributed by atoms with van der Waals surface area (Å²) < 4.78 is 6.45. The molecule has 4 atom stereocenters. The normalized spacial score (nSPS) is 42.6. The summed E-state index contributed by atoms with van der Waals surface area (Å²) in [4.78, 5) is 0. The largest absolute Gasteiger partial charge is 0.336 e. The number of rotatable bonds is 1. The van der Waals surface area contributed by atoms with Crippen LogP contribution in [-0.2, 0) is 4.52 Å². The van der Waals surface area contributed by atoms with Crippen LogP contribution >= 0.6 is 8.30 Å². The number of hydrogen-bond donors (Lipinski definition) is 1. The molecule has 1 heterocycles. The van der Waals surface area contributed by atoms with Gasteiger partial charge < -0.3 is 4.52 Å². The molecule has 18 heavy (non-hydrogen) atoms. The molecule has 3 aliphatic rings. The maximum absolute atomic E-state index is 6.45. The lowest BCUT2D eigenvalue weighted by Crippen LogP contribution is -2.50. The smallest absolute Gasteiger partial charge is 0.135 e. The van der Waals surface area contributed by atoms with Gasteiger partial charge in [-0.3, -0.25) is 5.09 Å². The quantitative estimate of drug-likeness (QED) is 0.783. The summed E-state index contributed by atoms with van der Waals surface area (Å²) in [7, 11) is -0.586. The molecule has 0 radical (unpaired) electrons. The lowest BCUT2D eigenvalue weighted by atomic mass is 9.79. The van der Waals surface area contributed by atoms with E-state index in [4.69, 9.17) is 4.52 Å². The lowest BCUT2D eigenvalue weighted by Gasteiger charge is -2.45. The van der Waals surface area contributed by atoms with Crippen molar-refractivity contribution in [2.45, 2.75) is 50.7 Å². The van der Waals surface area contributed by atoms with Crippen LogP contribution in [0.15, 0.2) is 30.3 Å². The highest BCUT2D eigenvalue weighted by atomic mass is 31.2. The summed E-state index contributed by atoms with van der Waals surface area (Å²) in [5.74, 6) is 0. The molecule has 2 nitrogen and oxygen atoms in total. The first kappa shape index (κ1) is 11.4. The molecule has 0 bridgehead atoms. The van der Waals surface area contributed by atoms with Crippen molar-refractivity contribution in [3.8, 4) is 0 Å². The van der Waals surface area contributed by atoms with E-state index in [-0.39, 0.29) is 0 Å². The second kappa shape index (κ2) is 4.30. The van der Waals surface area contributed by atoms with E-state index in [0.717, 1.165) is 0 Å². The maximum Gasteiger partial charge on any atom is 0.135 e. The average Bonchev–Trinajstić information content (AvgIpc) is 3.01. The number of hydrogen-bond acceptors (Lipinski definition) is 2. The van der Waals surface area contributed by atoms with Crippen LogP contribution in [0.3, 0.4) is 0 Å². The van der Waals surface area contributed by atoms with E-state index < -0.39 is 8.30 Å². The lowest BCUT2D eigenvalue weighted by molar-refractivity contribution is 0.0511. The summed E-state index contributed by atoms with van der Waals surface area (Å²) in [6.45, 7) is 0. The molecule has 2 saturated carbocycles. The van der Waals surface area contributed by atoms with Gasteiger partial charge in [0, 0.05) is 16.8 Å². The Labute approximate surface area is 110 Å². The zero-order valence-corrected chi connectivity index (χ0v) is 11.5. The van der Waals surface area contributed by atoms with Crippen LogP contribution in [0.2, 0.25) is 0 Å². The van der Waals surface area contributed by atoms with E-state index in [1.807, 2.05) is 0 Å². The molecule has 0 amide bonds. The van der Waals surface area contributed by atoms with Crippen LogP contribution in [-0.4, -0.2) is 12.1 Å². The zero-order chi connectivity index (χ0) is 12.0. The van der Waals surface area contributed by atoms with Gasteiger partial charge in [0.15, 0.2) is 0 Å². The third-order valence-corrected chi connectivity index (χ3v) is 6.85. The van der Waals surface area contributed by atoms with Gasteiger partial charge in [-0.2, -0.15) is 0 Å². The van der Waals surface area contributed by atoms with E-state index in [2.05, 4.69) is 35.4 Å². The Hall–Kier alpha value is -0.430. The minimum Gasteiger partial charge on any atom is -0.336 e. The van der Waals surface area contributed by atoms with E-state index in [0.29, 0.717) is 17.6 Å². The van der Waals surface area contributed by atoms with Crippen LogP contribution in [0.5, 0.6) is 0 Å². The van der Waals surface area contributed by atoms with Gasteiger partial charge in [0.2, 0.25) is 0 Å². The minimum absolute atomic E-state index is 0.494. The van der Waals surface area contributed by atoms with Crippen molar-refractivity contribution in [1.82, 2.24) is 5.09 Å². The SMILES string of the molecule is c1ccc(P2N[C@@H]3CCC[C@@]34CCC[C@H]4O2)cc1. The fourth-order valence-electron chi connectivity index (χ4n) is 4.20. The summed E-state index contributed by atoms with van der Waals surface area (Å²) in [6.07, 6.45) is 8.67. The topological polar surface area (TPSA) is 21.3 Å². The molecule has 3 heteroatoms. The highest BCUT2D eigenvalue weighted by Crippen LogP contribution is 2.59. The predicted molar refractivity (Wildman–Crippen MR) is 74.9 cm³/mol. The molecular formula is C15H20NOP. The Morgan fingerprint density at radius 3 is 2.72 bits per heavy atom. The average molecular weight is 261 g/mol. The first-order chi connectivity index (χ1) is 8.88. The fourth-order valence-corrected chi connectivity index (χ4v) is 6.21. The van der Waals surface area contributed by atoms with Crippen LogP contribution in [0.25, 0.3) is 0 Å². The third kappa shape index (κ3) is 1.59. The molecule has 2 aliphatic carbocycles. The summed E-state index contributed by atoms with van der Waals surface area (Å²) >= 11 is 0. The van der Waals surface area contributed by atoms with E-state index in [9.17, 15) is 0 Å². The van der Waals surface area contributed by atoms with Gasteiger partial charge in [-0.15, -0.1) is 0 Å². The van der Waals surface area contributed by atoms with Crippen LogP contribution in [0, 0.1) is 5.41 Å². The van der Waals surface area contributed by atoms with Crippen molar-refractivity contribution >= 4 is 13.6 Å². The fraction of sp³-hybridized carbons (Fsp3) is 0.600. The zero-order valence-electron chi connectivity index (χ0n) is 10.6. The summed E-state index contributed by atoms with van der Waals surface area (Å²) in [6, 6.07) is 11.4. The van der Waals surface area contributed by atoms with Crippen molar-refractivity contribution < 1.29 is 4.52 Å². The van der Waals surface area contributed by atoms with Gasteiger partial charge in [-0.05, 0) is 25.7 Å². The van der Waals surface area contributed by atoms with Gasteiger partial charge in [0.05, 0.1) is 6.10 Å². The first-order valence-corrected chi connectivity index (χ1v) is 8.43. The molecular weight excluding hydrogens is 241 g/mol. The molecule has 1 spiro atoms. The third-order valence-electron chi connectivity index (χ3n) is 5.08. The second-order valence-electron chi connectivity index (χ2n) is 5.92. The molecule has 1 aromatic carbocycles. The highest BCUT2D eigenvalue weighted by Gasteiger charge is 2.55. The molecule has 4 rings (SSSR count). The van der Waals surface area contributed by atoms with Crippen LogP contribution in [0.1, 0.15) is 38.5 Å². The van der Waals surface area contributed by atoms with Crippen LogP contribution in [0.4, 0.5) is 0 Å². The number of nitrogens with one attached hydrogen (secondary N) is 1. The second-order valence-corrected chi connectivity index (χ2v) is 7.50. The minimum atomic E-state index is -0.586. The molecule has 1 aromatic rings. The molecule has 0 aromatic heterocycles. The van der Waals surface area contributed by atoms with Crippen molar-refractivity contribution in [2.75, 3.05) is 0 Å². The Kier molecular flexibility index (Phi) is 2.72. The molecule has 1 unspecified atom stereocenters.